The Kier molecular flexibility index (Phi) is 11.6. The number of anilines is 1. The number of rotatable bonds is 5. The predicted molar refractivity (Wildman–Crippen MR) is 155 cm³/mol. The summed E-state index contributed by atoms with van der Waals surface area (Å²) in [6.45, 7) is 9.76. The number of alkyl halides is 2. The molecule has 208 valence electrons. The van der Waals surface area contributed by atoms with Gasteiger partial charge < -0.3 is 5.73 Å². The summed E-state index contributed by atoms with van der Waals surface area (Å²) in [7, 11) is 13.5. The quantitative estimate of drug-likeness (QED) is 0.266. The molecule has 1 aliphatic rings. The third-order valence-corrected chi connectivity index (χ3v) is 6.43. The van der Waals surface area contributed by atoms with Crippen LogP contribution in [0.1, 0.15) is 77.5 Å². The van der Waals surface area contributed by atoms with Crippen LogP contribution < -0.4 is 5.73 Å². The first-order chi connectivity index (χ1) is 18.2. The molecule has 4 radical (unpaired) electrons. The second kappa shape index (κ2) is 14.0. The Labute approximate surface area is 232 Å². The second-order valence-electron chi connectivity index (χ2n) is 11.1. The van der Waals surface area contributed by atoms with Crippen molar-refractivity contribution in [2.45, 2.75) is 91.2 Å². The minimum Gasteiger partial charge on any atom is -0.367 e. The van der Waals surface area contributed by atoms with Gasteiger partial charge in [-0.3, -0.25) is 0 Å². The molecule has 1 fully saturated rings. The van der Waals surface area contributed by atoms with Crippen molar-refractivity contribution in [2.24, 2.45) is 15.6 Å². The number of fused-ring (bicyclic) bond motifs is 1. The lowest BCUT2D eigenvalue weighted by Gasteiger charge is -2.28. The lowest BCUT2D eigenvalue weighted by molar-refractivity contribution is 0.144. The molecule has 11 heteroatoms. The summed E-state index contributed by atoms with van der Waals surface area (Å²) in [6, 6.07) is 5.40. The Morgan fingerprint density at radius 1 is 1.18 bits per heavy atom. The smallest absolute Gasteiger partial charge is 0.238 e. The van der Waals surface area contributed by atoms with E-state index in [-0.39, 0.29) is 18.8 Å². The molecule has 0 unspecified atom stereocenters. The highest BCUT2D eigenvalue weighted by molar-refractivity contribution is 6.39. The van der Waals surface area contributed by atoms with Crippen LogP contribution >= 0.6 is 0 Å². The Balaban J connectivity index is 0.000000337. The fraction of sp³-hybridized carbons (Fsp3) is 0.571. The number of nitrogens with two attached hydrogens (primary N) is 1. The normalized spacial score (nSPS) is 15.1. The van der Waals surface area contributed by atoms with Crippen LogP contribution in [0, 0.1) is 18.2 Å². The molecule has 0 spiro atoms. The topological polar surface area (TPSA) is 80.9 Å². The van der Waals surface area contributed by atoms with Gasteiger partial charge in [0.2, 0.25) is 12.4 Å². The fourth-order valence-electron chi connectivity index (χ4n) is 4.44. The van der Waals surface area contributed by atoms with Crippen LogP contribution in [-0.2, 0) is 6.42 Å². The second-order valence-corrected chi connectivity index (χ2v) is 11.1. The van der Waals surface area contributed by atoms with E-state index >= 15 is 0 Å². The van der Waals surface area contributed by atoms with E-state index in [1.807, 2.05) is 13.0 Å². The molecule has 0 bridgehead atoms. The number of nitrogens with zero attached hydrogens (tertiary/aromatic N) is 5. The van der Waals surface area contributed by atoms with E-state index in [0.717, 1.165) is 11.3 Å². The Hall–Kier alpha value is -2.84. The summed E-state index contributed by atoms with van der Waals surface area (Å²) in [5, 5.41) is 10.9. The molecule has 4 rings (SSSR count). The van der Waals surface area contributed by atoms with Crippen LogP contribution in [-0.4, -0.2) is 43.8 Å². The van der Waals surface area contributed by atoms with Gasteiger partial charge in [0.25, 0.3) is 0 Å². The van der Waals surface area contributed by atoms with E-state index in [2.05, 4.69) is 34.2 Å². The van der Waals surface area contributed by atoms with Gasteiger partial charge >= 0.3 is 0 Å². The number of aryl methyl sites for hydroxylation is 1. The number of hydrogen-bond acceptors (Lipinski definition) is 5. The molecular formula is C28H39B2F3N6. The molecule has 2 N–H and O–H groups in total. The van der Waals surface area contributed by atoms with E-state index in [1.165, 1.54) is 49.7 Å². The van der Waals surface area contributed by atoms with Gasteiger partial charge in [-0.2, -0.15) is 10.2 Å². The zero-order valence-corrected chi connectivity index (χ0v) is 23.9. The van der Waals surface area contributed by atoms with E-state index in [0.29, 0.717) is 27.8 Å². The molecule has 39 heavy (non-hydrogen) atoms. The van der Waals surface area contributed by atoms with Crippen LogP contribution in [0.2, 0.25) is 5.21 Å². The van der Waals surface area contributed by atoms with Gasteiger partial charge in [0.1, 0.15) is 0 Å². The molecule has 0 amide bonds. The minimum absolute atomic E-state index is 0.0215. The van der Waals surface area contributed by atoms with Gasteiger partial charge in [-0.1, -0.05) is 58.2 Å². The zero-order valence-electron chi connectivity index (χ0n) is 23.9. The van der Waals surface area contributed by atoms with Crippen LogP contribution in [0.3, 0.4) is 0 Å². The summed E-state index contributed by atoms with van der Waals surface area (Å²) >= 11 is 0. The van der Waals surface area contributed by atoms with Gasteiger partial charge in [0.05, 0.1) is 38.8 Å². The number of hydrogen-bond donors (Lipinski definition) is 1. The van der Waals surface area contributed by atoms with Crippen molar-refractivity contribution in [3.63, 3.8) is 0 Å². The first kappa shape index (κ1) is 32.4. The summed E-state index contributed by atoms with van der Waals surface area (Å²) in [4.78, 5) is 4.24. The lowest BCUT2D eigenvalue weighted by atomic mass is 9.54. The average molecular weight is 538 g/mol. The lowest BCUT2D eigenvalue weighted by Crippen LogP contribution is -2.15. The SMILES string of the molecule is CC1(C)CCCCC1.CCC(F)F.[B]C([B])(C)Cc1nc(N)nn2cc(F)c(-c3ccc(N=NC)c(C)c3)c12. The Morgan fingerprint density at radius 2 is 1.79 bits per heavy atom. The standard InChI is InChI=1S/C17H17B2FN6.C8H16.C3H6F2/c1-9-6-10(4-5-12(9)24-22-3)14-11(20)8-26-15(14)13(7-17(2,18)19)23-16(21)25-26;1-8(2)6-4-3-5-7-8;1-2-3(4)5/h4-6,8H,7H2,1-3H3,(H2,21,25);3-7H2,1-2H3;3H,2H2,1H3. The number of benzene rings is 1. The maximum absolute atomic E-state index is 14.8. The Morgan fingerprint density at radius 3 is 2.26 bits per heavy atom. The highest BCUT2D eigenvalue weighted by Gasteiger charge is 2.22. The summed E-state index contributed by atoms with van der Waals surface area (Å²) in [6.07, 6.45) is 6.64. The predicted octanol–water partition coefficient (Wildman–Crippen LogP) is 7.79. The number of nitrogen functional groups attached to an aromatic ring is 1. The van der Waals surface area contributed by atoms with Gasteiger partial charge in [-0.15, -0.1) is 5.10 Å². The van der Waals surface area contributed by atoms with E-state index < -0.39 is 17.5 Å². The van der Waals surface area contributed by atoms with Crippen LogP contribution in [0.15, 0.2) is 34.6 Å². The summed E-state index contributed by atoms with van der Waals surface area (Å²) in [5.41, 5.74) is 10.0. The molecule has 1 aliphatic carbocycles. The average Bonchev–Trinajstić information content (AvgIpc) is 3.16. The molecule has 1 aromatic carbocycles. The van der Waals surface area contributed by atoms with Gasteiger partial charge in [0, 0.05) is 19.0 Å². The van der Waals surface area contributed by atoms with Crippen molar-refractivity contribution >= 4 is 32.8 Å². The number of halogens is 3. The minimum atomic E-state index is -2.12. The van der Waals surface area contributed by atoms with Crippen LogP contribution in [0.4, 0.5) is 24.8 Å². The number of azo groups is 1. The first-order valence-electron chi connectivity index (χ1n) is 13.3. The Bertz CT molecular complexity index is 1240. The molecule has 6 nitrogen and oxygen atoms in total. The van der Waals surface area contributed by atoms with Crippen molar-refractivity contribution < 1.29 is 13.2 Å². The monoisotopic (exact) mass is 538 g/mol. The number of aromatic nitrogens is 3. The van der Waals surface area contributed by atoms with Crippen molar-refractivity contribution in [3.8, 4) is 11.1 Å². The molecule has 1 saturated carbocycles. The maximum Gasteiger partial charge on any atom is 0.238 e. The van der Waals surface area contributed by atoms with E-state index in [9.17, 15) is 13.2 Å². The zero-order chi connectivity index (χ0) is 29.4. The maximum atomic E-state index is 14.8. The largest absolute Gasteiger partial charge is 0.367 e. The summed E-state index contributed by atoms with van der Waals surface area (Å²) in [5.74, 6) is -0.417. The molecule has 2 aromatic heterocycles. The van der Waals surface area contributed by atoms with Crippen molar-refractivity contribution in [3.05, 3.63) is 41.5 Å². The van der Waals surface area contributed by atoms with Crippen LogP contribution in [0.25, 0.3) is 16.6 Å². The molecule has 0 aliphatic heterocycles. The van der Waals surface area contributed by atoms with Crippen LogP contribution in [0.5, 0.6) is 0 Å². The highest BCUT2D eigenvalue weighted by atomic mass is 19.3. The highest BCUT2D eigenvalue weighted by Crippen LogP contribution is 2.36. The molecule has 2 heterocycles. The van der Waals surface area contributed by atoms with Gasteiger partial charge in [-0.25, -0.2) is 22.7 Å². The third-order valence-electron chi connectivity index (χ3n) is 6.43. The molecule has 0 atom stereocenters. The van der Waals surface area contributed by atoms with Gasteiger partial charge in [-0.05, 0) is 54.9 Å². The first-order valence-corrected chi connectivity index (χ1v) is 13.3. The van der Waals surface area contributed by atoms with Crippen molar-refractivity contribution in [1.29, 1.82) is 0 Å². The third kappa shape index (κ3) is 10.0. The van der Waals surface area contributed by atoms with Crippen molar-refractivity contribution in [2.75, 3.05) is 12.8 Å². The summed E-state index contributed by atoms with van der Waals surface area (Å²) < 4.78 is 37.7. The van der Waals surface area contributed by atoms with Gasteiger partial charge in [0.15, 0.2) is 5.82 Å². The fourth-order valence-corrected chi connectivity index (χ4v) is 4.44. The molecule has 0 saturated heterocycles. The van der Waals surface area contributed by atoms with Crippen molar-refractivity contribution in [1.82, 2.24) is 14.6 Å². The van der Waals surface area contributed by atoms with E-state index in [1.54, 1.807) is 26.1 Å². The molecular weight excluding hydrogens is 499 g/mol. The molecule has 3 aromatic rings. The van der Waals surface area contributed by atoms with E-state index in [4.69, 9.17) is 21.4 Å².